The fraction of sp³-hybridized carbons (Fsp3) is 0.500. The molecular weight excluding hydrogens is 378 g/mol. The summed E-state index contributed by atoms with van der Waals surface area (Å²) in [6, 6.07) is 2.93. The first-order valence-corrected chi connectivity index (χ1v) is 9.85. The SMILES string of the molecule is CCCC(N)C(=O)N1CCN(S(=O)(=O)c2c[nH]c3ncccc23)CC1.Cl. The van der Waals surface area contributed by atoms with Gasteiger partial charge in [-0.15, -0.1) is 12.4 Å². The average Bonchev–Trinajstić information content (AvgIpc) is 3.06. The summed E-state index contributed by atoms with van der Waals surface area (Å²) in [7, 11) is -3.63. The molecule has 144 valence electrons. The summed E-state index contributed by atoms with van der Waals surface area (Å²) in [5.74, 6) is -0.102. The standard InChI is InChI=1S/C16H23N5O3S.ClH/c1-2-4-13(17)16(22)20-7-9-21(10-8-20)25(23,24)14-11-19-15-12(14)5-3-6-18-15;/h3,5-6,11,13H,2,4,7-10,17H2,1H3,(H,18,19);1H. The van der Waals surface area contributed by atoms with Crippen LogP contribution >= 0.6 is 12.4 Å². The quantitative estimate of drug-likeness (QED) is 0.774. The van der Waals surface area contributed by atoms with E-state index >= 15 is 0 Å². The van der Waals surface area contributed by atoms with Crippen molar-refractivity contribution in [3.05, 3.63) is 24.5 Å². The number of carbonyl (C=O) groups is 1. The molecule has 0 bridgehead atoms. The van der Waals surface area contributed by atoms with Gasteiger partial charge in [0, 0.05) is 44.0 Å². The molecule has 0 aromatic carbocycles. The number of nitrogens with one attached hydrogen (secondary N) is 1. The summed E-state index contributed by atoms with van der Waals surface area (Å²) in [4.78, 5) is 21.2. The summed E-state index contributed by atoms with van der Waals surface area (Å²) in [6.45, 7) is 3.22. The van der Waals surface area contributed by atoms with Gasteiger partial charge in [-0.1, -0.05) is 13.3 Å². The minimum Gasteiger partial charge on any atom is -0.345 e. The predicted molar refractivity (Wildman–Crippen MR) is 102 cm³/mol. The number of amides is 1. The van der Waals surface area contributed by atoms with Crippen LogP contribution in [0.2, 0.25) is 0 Å². The highest BCUT2D eigenvalue weighted by atomic mass is 35.5. The minimum atomic E-state index is -3.63. The van der Waals surface area contributed by atoms with Crippen molar-refractivity contribution in [1.29, 1.82) is 0 Å². The topological polar surface area (TPSA) is 112 Å². The first-order valence-electron chi connectivity index (χ1n) is 8.41. The number of nitrogens with zero attached hydrogens (tertiary/aromatic N) is 3. The van der Waals surface area contributed by atoms with Gasteiger partial charge in [-0.3, -0.25) is 4.79 Å². The van der Waals surface area contributed by atoms with Gasteiger partial charge in [0.25, 0.3) is 0 Å². The van der Waals surface area contributed by atoms with E-state index in [4.69, 9.17) is 5.73 Å². The molecule has 2 aromatic rings. The summed E-state index contributed by atoms with van der Waals surface area (Å²) >= 11 is 0. The second kappa shape index (κ2) is 8.34. The summed E-state index contributed by atoms with van der Waals surface area (Å²) in [5.41, 5.74) is 6.43. The number of sulfonamides is 1. The third-order valence-corrected chi connectivity index (χ3v) is 6.44. The predicted octanol–water partition coefficient (Wildman–Crippen LogP) is 0.945. The second-order valence-corrected chi connectivity index (χ2v) is 8.08. The number of hydrogen-bond donors (Lipinski definition) is 2. The van der Waals surface area contributed by atoms with Gasteiger partial charge in [-0.25, -0.2) is 13.4 Å². The molecule has 3 rings (SSSR count). The van der Waals surface area contributed by atoms with Gasteiger partial charge in [-0.2, -0.15) is 4.31 Å². The number of piperazine rings is 1. The number of nitrogens with two attached hydrogens (primary N) is 1. The highest BCUT2D eigenvalue weighted by molar-refractivity contribution is 7.89. The Bertz CT molecular complexity index is 862. The molecule has 8 nitrogen and oxygen atoms in total. The van der Waals surface area contributed by atoms with Crippen LogP contribution in [0.25, 0.3) is 11.0 Å². The molecule has 3 heterocycles. The molecule has 2 aromatic heterocycles. The molecule has 0 saturated carbocycles. The molecule has 1 aliphatic rings. The molecule has 26 heavy (non-hydrogen) atoms. The van der Waals surface area contributed by atoms with Gasteiger partial charge in [0.15, 0.2) is 0 Å². The average molecular weight is 402 g/mol. The Kier molecular flexibility index (Phi) is 6.62. The lowest BCUT2D eigenvalue weighted by Gasteiger charge is -2.35. The first-order chi connectivity index (χ1) is 11.9. The van der Waals surface area contributed by atoms with Crippen LogP contribution in [0.3, 0.4) is 0 Å². The monoisotopic (exact) mass is 401 g/mol. The van der Waals surface area contributed by atoms with Crippen LogP contribution in [0, 0.1) is 0 Å². The lowest BCUT2D eigenvalue weighted by Crippen LogP contribution is -2.54. The fourth-order valence-electron chi connectivity index (χ4n) is 3.10. The molecule has 3 N–H and O–H groups in total. The summed E-state index contributed by atoms with van der Waals surface area (Å²) in [6.07, 6.45) is 4.57. The normalized spacial score (nSPS) is 17.1. The van der Waals surface area contributed by atoms with E-state index in [0.717, 1.165) is 6.42 Å². The Morgan fingerprint density at radius 1 is 1.35 bits per heavy atom. The maximum atomic E-state index is 12.9. The number of carbonyl (C=O) groups excluding carboxylic acids is 1. The number of H-pyrrole nitrogens is 1. The van der Waals surface area contributed by atoms with Gasteiger partial charge in [0.05, 0.1) is 6.04 Å². The number of hydrogen-bond acceptors (Lipinski definition) is 5. The molecule has 0 radical (unpaired) electrons. The number of fused-ring (bicyclic) bond motifs is 1. The van der Waals surface area contributed by atoms with Crippen LogP contribution in [0.15, 0.2) is 29.4 Å². The van der Waals surface area contributed by atoms with Crippen LogP contribution in [-0.2, 0) is 14.8 Å². The number of rotatable bonds is 5. The van der Waals surface area contributed by atoms with Crippen LogP contribution in [0.4, 0.5) is 0 Å². The molecular formula is C16H24ClN5O3S. The smallest absolute Gasteiger partial charge is 0.245 e. The summed E-state index contributed by atoms with van der Waals surface area (Å²) < 4.78 is 27.3. The Hall–Kier alpha value is -1.68. The molecule has 0 spiro atoms. The zero-order chi connectivity index (χ0) is 18.0. The Labute approximate surface area is 159 Å². The molecule has 1 amide bonds. The van der Waals surface area contributed by atoms with Crippen molar-refractivity contribution in [3.63, 3.8) is 0 Å². The highest BCUT2D eigenvalue weighted by Crippen LogP contribution is 2.25. The third-order valence-electron chi connectivity index (χ3n) is 4.50. The largest absolute Gasteiger partial charge is 0.345 e. The fourth-order valence-corrected chi connectivity index (χ4v) is 4.67. The van der Waals surface area contributed by atoms with Crippen molar-refractivity contribution >= 4 is 39.4 Å². The zero-order valence-electron chi connectivity index (χ0n) is 14.6. The number of pyridine rings is 1. The highest BCUT2D eigenvalue weighted by Gasteiger charge is 2.32. The first kappa shape index (κ1) is 20.6. The Morgan fingerprint density at radius 2 is 2.04 bits per heavy atom. The van der Waals surface area contributed by atoms with E-state index in [9.17, 15) is 13.2 Å². The third kappa shape index (κ3) is 3.85. The van der Waals surface area contributed by atoms with E-state index in [0.29, 0.717) is 30.5 Å². The van der Waals surface area contributed by atoms with Crippen LogP contribution in [0.1, 0.15) is 19.8 Å². The molecule has 1 unspecified atom stereocenters. The molecule has 0 aliphatic carbocycles. The van der Waals surface area contributed by atoms with Crippen molar-refractivity contribution in [2.45, 2.75) is 30.7 Å². The molecule has 1 aliphatic heterocycles. The molecule has 1 atom stereocenters. The van der Waals surface area contributed by atoms with Crippen LogP contribution < -0.4 is 5.73 Å². The second-order valence-electron chi connectivity index (χ2n) is 6.18. The number of aromatic nitrogens is 2. The summed E-state index contributed by atoms with van der Waals surface area (Å²) in [5, 5.41) is 0.575. The number of halogens is 1. The van der Waals surface area contributed by atoms with Gasteiger partial charge in [0.2, 0.25) is 15.9 Å². The van der Waals surface area contributed by atoms with E-state index in [-0.39, 0.29) is 36.3 Å². The van der Waals surface area contributed by atoms with Gasteiger partial charge >= 0.3 is 0 Å². The van der Waals surface area contributed by atoms with E-state index in [1.807, 2.05) is 6.92 Å². The van der Waals surface area contributed by atoms with E-state index < -0.39 is 16.1 Å². The van der Waals surface area contributed by atoms with Gasteiger partial charge < -0.3 is 15.6 Å². The van der Waals surface area contributed by atoms with Crippen molar-refractivity contribution < 1.29 is 13.2 Å². The Morgan fingerprint density at radius 3 is 2.69 bits per heavy atom. The van der Waals surface area contributed by atoms with Gasteiger partial charge in [-0.05, 0) is 18.6 Å². The zero-order valence-corrected chi connectivity index (χ0v) is 16.2. The van der Waals surface area contributed by atoms with E-state index in [2.05, 4.69) is 9.97 Å². The van der Waals surface area contributed by atoms with Crippen molar-refractivity contribution in [2.75, 3.05) is 26.2 Å². The molecule has 1 saturated heterocycles. The number of aromatic amines is 1. The van der Waals surface area contributed by atoms with Crippen molar-refractivity contribution in [2.24, 2.45) is 5.73 Å². The van der Waals surface area contributed by atoms with Crippen molar-refractivity contribution in [3.8, 4) is 0 Å². The lowest BCUT2D eigenvalue weighted by molar-refractivity contribution is -0.133. The minimum absolute atomic E-state index is 0. The maximum Gasteiger partial charge on any atom is 0.245 e. The van der Waals surface area contributed by atoms with Gasteiger partial charge in [0.1, 0.15) is 10.5 Å². The van der Waals surface area contributed by atoms with Crippen LogP contribution in [0.5, 0.6) is 0 Å². The van der Waals surface area contributed by atoms with E-state index in [1.54, 1.807) is 23.2 Å². The molecule has 1 fully saturated rings. The maximum absolute atomic E-state index is 12.9. The lowest BCUT2D eigenvalue weighted by atomic mass is 10.1. The Balaban J connectivity index is 0.00000243. The molecule has 10 heteroatoms. The van der Waals surface area contributed by atoms with Crippen molar-refractivity contribution in [1.82, 2.24) is 19.2 Å². The van der Waals surface area contributed by atoms with E-state index in [1.165, 1.54) is 10.5 Å². The van der Waals surface area contributed by atoms with Crippen LogP contribution in [-0.4, -0.2) is 65.7 Å².